The summed E-state index contributed by atoms with van der Waals surface area (Å²) < 4.78 is 20.7. The number of rotatable bonds is 5. The van der Waals surface area contributed by atoms with E-state index in [9.17, 15) is 9.18 Å². The maximum atomic E-state index is 13.2. The van der Waals surface area contributed by atoms with Gasteiger partial charge < -0.3 is 14.2 Å². The Balaban J connectivity index is 1.68. The second-order valence-electron chi connectivity index (χ2n) is 5.59. The fourth-order valence-electron chi connectivity index (χ4n) is 2.78. The number of carbonyl (C=O) groups excluding carboxylic acids is 1. The SMILES string of the molecule is CCOCc1ncn2c1CN(C(=O)Cc1cccc(F)c1)CC2. The maximum Gasteiger partial charge on any atom is 0.227 e. The molecule has 3 rings (SSSR count). The molecule has 2 aromatic rings. The minimum absolute atomic E-state index is 0.00501. The summed E-state index contributed by atoms with van der Waals surface area (Å²) in [5.41, 5.74) is 2.61. The lowest BCUT2D eigenvalue weighted by Gasteiger charge is -2.29. The van der Waals surface area contributed by atoms with Crippen molar-refractivity contribution >= 4 is 5.91 Å². The number of fused-ring (bicyclic) bond motifs is 1. The normalized spacial score (nSPS) is 13.9. The largest absolute Gasteiger partial charge is 0.375 e. The molecule has 0 unspecified atom stereocenters. The van der Waals surface area contributed by atoms with Crippen molar-refractivity contribution in [2.45, 2.75) is 33.0 Å². The van der Waals surface area contributed by atoms with Crippen LogP contribution < -0.4 is 0 Å². The summed E-state index contributed by atoms with van der Waals surface area (Å²) in [4.78, 5) is 18.7. The maximum absolute atomic E-state index is 13.2. The molecule has 1 amide bonds. The Morgan fingerprint density at radius 1 is 1.39 bits per heavy atom. The third kappa shape index (κ3) is 3.59. The lowest BCUT2D eigenvalue weighted by Crippen LogP contribution is -2.39. The first-order chi connectivity index (χ1) is 11.2. The van der Waals surface area contributed by atoms with Crippen molar-refractivity contribution in [3.8, 4) is 0 Å². The molecule has 0 bridgehead atoms. The van der Waals surface area contributed by atoms with Crippen molar-refractivity contribution in [3.05, 3.63) is 53.4 Å². The van der Waals surface area contributed by atoms with Crippen LogP contribution in [-0.2, 0) is 35.6 Å². The quantitative estimate of drug-likeness (QED) is 0.849. The van der Waals surface area contributed by atoms with E-state index in [0.717, 1.165) is 17.9 Å². The average Bonchev–Trinajstić information content (AvgIpc) is 2.95. The van der Waals surface area contributed by atoms with Gasteiger partial charge in [0.25, 0.3) is 0 Å². The molecule has 0 saturated heterocycles. The van der Waals surface area contributed by atoms with E-state index in [2.05, 4.69) is 9.55 Å². The van der Waals surface area contributed by atoms with Gasteiger partial charge in [0.1, 0.15) is 5.82 Å². The summed E-state index contributed by atoms with van der Waals surface area (Å²) in [6, 6.07) is 6.19. The molecule has 6 heteroatoms. The number of hydrogen-bond acceptors (Lipinski definition) is 3. The van der Waals surface area contributed by atoms with Gasteiger partial charge in [-0.25, -0.2) is 9.37 Å². The average molecular weight is 317 g/mol. The van der Waals surface area contributed by atoms with Crippen LogP contribution in [0.1, 0.15) is 23.9 Å². The van der Waals surface area contributed by atoms with E-state index in [1.165, 1.54) is 12.1 Å². The van der Waals surface area contributed by atoms with Gasteiger partial charge in [0, 0.05) is 19.7 Å². The van der Waals surface area contributed by atoms with Gasteiger partial charge in [-0.15, -0.1) is 0 Å². The van der Waals surface area contributed by atoms with Gasteiger partial charge in [0.15, 0.2) is 0 Å². The van der Waals surface area contributed by atoms with Gasteiger partial charge in [-0.05, 0) is 24.6 Å². The molecule has 23 heavy (non-hydrogen) atoms. The molecule has 1 aliphatic heterocycles. The first-order valence-corrected chi connectivity index (χ1v) is 7.80. The van der Waals surface area contributed by atoms with Crippen LogP contribution in [0, 0.1) is 5.82 Å². The number of nitrogens with zero attached hydrogens (tertiary/aromatic N) is 3. The predicted molar refractivity (Wildman–Crippen MR) is 83.1 cm³/mol. The zero-order valence-corrected chi connectivity index (χ0v) is 13.2. The van der Waals surface area contributed by atoms with Gasteiger partial charge in [0.2, 0.25) is 5.91 Å². The number of halogens is 1. The fourth-order valence-corrected chi connectivity index (χ4v) is 2.78. The summed E-state index contributed by atoms with van der Waals surface area (Å²) in [7, 11) is 0. The first kappa shape index (κ1) is 15.7. The van der Waals surface area contributed by atoms with Crippen LogP contribution in [0.5, 0.6) is 0 Å². The van der Waals surface area contributed by atoms with Crippen LogP contribution in [0.4, 0.5) is 4.39 Å². The molecule has 0 aliphatic carbocycles. The van der Waals surface area contributed by atoms with Gasteiger partial charge in [-0.1, -0.05) is 12.1 Å². The van der Waals surface area contributed by atoms with Crippen LogP contribution in [0.25, 0.3) is 0 Å². The zero-order chi connectivity index (χ0) is 16.2. The topological polar surface area (TPSA) is 47.4 Å². The summed E-state index contributed by atoms with van der Waals surface area (Å²) in [6.45, 7) is 4.93. The van der Waals surface area contributed by atoms with Crippen LogP contribution in [0.15, 0.2) is 30.6 Å². The molecule has 1 aliphatic rings. The summed E-state index contributed by atoms with van der Waals surface area (Å²) in [5.74, 6) is -0.309. The van der Waals surface area contributed by atoms with E-state index < -0.39 is 0 Å². The second kappa shape index (κ2) is 6.91. The van der Waals surface area contributed by atoms with Gasteiger partial charge in [-0.3, -0.25) is 4.79 Å². The van der Waals surface area contributed by atoms with Gasteiger partial charge in [0.05, 0.1) is 37.3 Å². The Kier molecular flexibility index (Phi) is 4.71. The molecular formula is C17H20FN3O2. The number of ether oxygens (including phenoxy) is 1. The number of carbonyl (C=O) groups is 1. The van der Waals surface area contributed by atoms with Crippen LogP contribution >= 0.6 is 0 Å². The Morgan fingerprint density at radius 3 is 3.04 bits per heavy atom. The molecule has 1 aromatic carbocycles. The smallest absolute Gasteiger partial charge is 0.227 e. The van der Waals surface area contributed by atoms with E-state index in [-0.39, 0.29) is 18.1 Å². The minimum Gasteiger partial charge on any atom is -0.375 e. The molecule has 0 N–H and O–H groups in total. The van der Waals surface area contributed by atoms with Crippen molar-refractivity contribution in [1.82, 2.24) is 14.5 Å². The molecular weight excluding hydrogens is 297 g/mol. The lowest BCUT2D eigenvalue weighted by molar-refractivity contribution is -0.131. The molecule has 2 heterocycles. The monoisotopic (exact) mass is 317 g/mol. The van der Waals surface area contributed by atoms with Crippen molar-refractivity contribution in [3.63, 3.8) is 0 Å². The molecule has 5 nitrogen and oxygen atoms in total. The number of amides is 1. The number of hydrogen-bond donors (Lipinski definition) is 0. The summed E-state index contributed by atoms with van der Waals surface area (Å²) in [6.07, 6.45) is 2.02. The van der Waals surface area contributed by atoms with E-state index in [1.54, 1.807) is 23.4 Å². The Morgan fingerprint density at radius 2 is 2.26 bits per heavy atom. The minimum atomic E-state index is -0.314. The Hall–Kier alpha value is -2.21. The number of aromatic nitrogens is 2. The molecule has 122 valence electrons. The number of benzene rings is 1. The summed E-state index contributed by atoms with van der Waals surface area (Å²) >= 11 is 0. The third-order valence-electron chi connectivity index (χ3n) is 4.02. The highest BCUT2D eigenvalue weighted by atomic mass is 19.1. The van der Waals surface area contributed by atoms with E-state index in [4.69, 9.17) is 4.74 Å². The van der Waals surface area contributed by atoms with Crippen molar-refractivity contribution < 1.29 is 13.9 Å². The van der Waals surface area contributed by atoms with Crippen LogP contribution in [0.2, 0.25) is 0 Å². The molecule has 0 fully saturated rings. The Labute approximate surface area is 134 Å². The predicted octanol–water partition coefficient (Wildman–Crippen LogP) is 2.14. The molecule has 0 atom stereocenters. The highest BCUT2D eigenvalue weighted by molar-refractivity contribution is 5.78. The molecule has 0 saturated carbocycles. The standard InChI is InChI=1S/C17H20FN3O2/c1-2-23-11-15-16-10-20(6-7-21(16)12-19-15)17(22)9-13-4-3-5-14(18)8-13/h3-5,8,12H,2,6-7,9-11H2,1H3. The van der Waals surface area contributed by atoms with Crippen LogP contribution in [0.3, 0.4) is 0 Å². The summed E-state index contributed by atoms with van der Waals surface area (Å²) in [5, 5.41) is 0. The highest BCUT2D eigenvalue weighted by Crippen LogP contribution is 2.18. The van der Waals surface area contributed by atoms with Crippen molar-refractivity contribution in [1.29, 1.82) is 0 Å². The van der Waals surface area contributed by atoms with Crippen LogP contribution in [-0.4, -0.2) is 33.5 Å². The number of imidazole rings is 1. The molecule has 1 aromatic heterocycles. The van der Waals surface area contributed by atoms with Crippen molar-refractivity contribution in [2.24, 2.45) is 0 Å². The first-order valence-electron chi connectivity index (χ1n) is 7.80. The molecule has 0 radical (unpaired) electrons. The fraction of sp³-hybridized carbons (Fsp3) is 0.412. The molecule has 0 spiro atoms. The van der Waals surface area contributed by atoms with E-state index in [1.807, 2.05) is 6.92 Å². The second-order valence-corrected chi connectivity index (χ2v) is 5.59. The van der Waals surface area contributed by atoms with E-state index >= 15 is 0 Å². The highest BCUT2D eigenvalue weighted by Gasteiger charge is 2.23. The van der Waals surface area contributed by atoms with Gasteiger partial charge >= 0.3 is 0 Å². The third-order valence-corrected chi connectivity index (χ3v) is 4.02. The zero-order valence-electron chi connectivity index (χ0n) is 13.2. The van der Waals surface area contributed by atoms with E-state index in [0.29, 0.717) is 31.9 Å². The Bertz CT molecular complexity index is 699. The lowest BCUT2D eigenvalue weighted by atomic mass is 10.1. The van der Waals surface area contributed by atoms with Gasteiger partial charge in [-0.2, -0.15) is 0 Å². The van der Waals surface area contributed by atoms with Crippen molar-refractivity contribution in [2.75, 3.05) is 13.2 Å².